The zero-order valence-electron chi connectivity index (χ0n) is 12.3. The first-order valence-electron chi connectivity index (χ1n) is 7.63. The molecular formula is C16H21F2NO3. The molecule has 2 rings (SSSR count). The molecule has 1 aliphatic carbocycles. The van der Waals surface area contributed by atoms with Crippen LogP contribution in [0, 0.1) is 17.6 Å². The molecule has 4 nitrogen and oxygen atoms in total. The fourth-order valence-electron chi connectivity index (χ4n) is 2.89. The predicted molar refractivity (Wildman–Crippen MR) is 77.6 cm³/mol. The van der Waals surface area contributed by atoms with E-state index in [1.807, 2.05) is 0 Å². The van der Waals surface area contributed by atoms with Gasteiger partial charge >= 0.3 is 0 Å². The van der Waals surface area contributed by atoms with E-state index < -0.39 is 23.3 Å². The van der Waals surface area contributed by atoms with Crippen molar-refractivity contribution >= 4 is 5.91 Å². The van der Waals surface area contributed by atoms with Crippen molar-refractivity contribution in [1.29, 1.82) is 0 Å². The van der Waals surface area contributed by atoms with E-state index >= 15 is 0 Å². The van der Waals surface area contributed by atoms with Gasteiger partial charge < -0.3 is 15.5 Å². The maximum Gasteiger partial charge on any atom is 0.251 e. The third kappa shape index (κ3) is 4.16. The standard InChI is InChI=1S/C16H21F2NO3/c17-12-8-11(9-13(18)15(12)21)16(22)19-7-3-5-10-4-1-2-6-14(10)20/h8-10,14,20-21H,1-7H2,(H,19,22). The molecule has 0 aliphatic heterocycles. The number of hydrogen-bond acceptors (Lipinski definition) is 3. The normalized spacial score (nSPS) is 21.6. The van der Waals surface area contributed by atoms with E-state index in [1.54, 1.807) is 0 Å². The number of carbonyl (C=O) groups is 1. The van der Waals surface area contributed by atoms with E-state index in [9.17, 15) is 18.7 Å². The third-order valence-corrected chi connectivity index (χ3v) is 4.19. The van der Waals surface area contributed by atoms with Crippen LogP contribution in [0.1, 0.15) is 48.9 Å². The quantitative estimate of drug-likeness (QED) is 0.732. The lowest BCUT2D eigenvalue weighted by atomic mass is 9.83. The van der Waals surface area contributed by atoms with Crippen molar-refractivity contribution in [2.75, 3.05) is 6.54 Å². The molecule has 2 atom stereocenters. The van der Waals surface area contributed by atoms with Crippen molar-refractivity contribution in [3.8, 4) is 5.75 Å². The smallest absolute Gasteiger partial charge is 0.251 e. The van der Waals surface area contributed by atoms with E-state index in [0.717, 1.165) is 44.2 Å². The first kappa shape index (κ1) is 16.7. The summed E-state index contributed by atoms with van der Waals surface area (Å²) in [6.45, 7) is 0.381. The molecule has 1 aliphatic rings. The Balaban J connectivity index is 1.78. The number of rotatable bonds is 5. The van der Waals surface area contributed by atoms with Gasteiger partial charge in [-0.2, -0.15) is 0 Å². The third-order valence-electron chi connectivity index (χ3n) is 4.19. The van der Waals surface area contributed by atoms with Crippen molar-refractivity contribution in [1.82, 2.24) is 5.32 Å². The molecule has 22 heavy (non-hydrogen) atoms. The number of halogens is 2. The highest BCUT2D eigenvalue weighted by molar-refractivity contribution is 5.94. The van der Waals surface area contributed by atoms with Gasteiger partial charge in [0.15, 0.2) is 17.4 Å². The minimum absolute atomic E-state index is 0.162. The van der Waals surface area contributed by atoms with Crippen LogP contribution >= 0.6 is 0 Å². The summed E-state index contributed by atoms with van der Waals surface area (Å²) in [5.74, 6) is -3.70. The van der Waals surface area contributed by atoms with Gasteiger partial charge in [-0.25, -0.2) is 8.78 Å². The van der Waals surface area contributed by atoms with E-state index in [4.69, 9.17) is 5.11 Å². The first-order valence-corrected chi connectivity index (χ1v) is 7.63. The second-order valence-electron chi connectivity index (χ2n) is 5.80. The number of nitrogens with one attached hydrogen (secondary N) is 1. The zero-order valence-corrected chi connectivity index (χ0v) is 12.3. The van der Waals surface area contributed by atoms with Crippen LogP contribution in [-0.4, -0.2) is 28.8 Å². The number of phenolic OH excluding ortho intramolecular Hbond substituents is 1. The van der Waals surface area contributed by atoms with Gasteiger partial charge in [-0.1, -0.05) is 12.8 Å². The number of aromatic hydroxyl groups is 1. The van der Waals surface area contributed by atoms with Gasteiger partial charge in [0, 0.05) is 12.1 Å². The predicted octanol–water partition coefficient (Wildman–Crippen LogP) is 2.73. The molecule has 0 bridgehead atoms. The maximum absolute atomic E-state index is 13.2. The van der Waals surface area contributed by atoms with E-state index in [0.29, 0.717) is 13.0 Å². The number of carbonyl (C=O) groups excluding carboxylic acids is 1. The molecule has 1 amide bonds. The van der Waals surface area contributed by atoms with Gasteiger partial charge in [-0.3, -0.25) is 4.79 Å². The van der Waals surface area contributed by atoms with E-state index in [2.05, 4.69) is 5.32 Å². The number of hydrogen-bond donors (Lipinski definition) is 3. The molecule has 1 aromatic carbocycles. The fraction of sp³-hybridized carbons (Fsp3) is 0.562. The molecule has 1 saturated carbocycles. The highest BCUT2D eigenvalue weighted by Gasteiger charge is 2.22. The Morgan fingerprint density at radius 1 is 1.23 bits per heavy atom. The van der Waals surface area contributed by atoms with Crippen LogP contribution in [0.5, 0.6) is 5.75 Å². The summed E-state index contributed by atoms with van der Waals surface area (Å²) < 4.78 is 26.4. The Morgan fingerprint density at radius 2 is 1.86 bits per heavy atom. The second kappa shape index (κ2) is 7.54. The van der Waals surface area contributed by atoms with Crippen LogP contribution in [-0.2, 0) is 0 Å². The number of aliphatic hydroxyl groups is 1. The summed E-state index contributed by atoms with van der Waals surface area (Å²) >= 11 is 0. The minimum Gasteiger partial charge on any atom is -0.503 e. The van der Waals surface area contributed by atoms with Crippen molar-refractivity contribution in [2.24, 2.45) is 5.92 Å². The molecule has 3 N–H and O–H groups in total. The molecule has 0 aromatic heterocycles. The van der Waals surface area contributed by atoms with Crippen molar-refractivity contribution in [3.05, 3.63) is 29.3 Å². The molecule has 1 aromatic rings. The summed E-state index contributed by atoms with van der Waals surface area (Å²) in [6.07, 6.45) is 5.29. The molecule has 2 unspecified atom stereocenters. The lowest BCUT2D eigenvalue weighted by Gasteiger charge is -2.27. The van der Waals surface area contributed by atoms with Gasteiger partial charge in [0.25, 0.3) is 5.91 Å². The molecule has 1 fully saturated rings. The maximum atomic E-state index is 13.2. The Morgan fingerprint density at radius 3 is 2.50 bits per heavy atom. The zero-order chi connectivity index (χ0) is 16.1. The molecular weight excluding hydrogens is 292 g/mol. The number of phenols is 1. The Bertz CT molecular complexity index is 513. The molecule has 0 radical (unpaired) electrons. The van der Waals surface area contributed by atoms with Crippen LogP contribution in [0.3, 0.4) is 0 Å². The van der Waals surface area contributed by atoms with Gasteiger partial charge in [0.2, 0.25) is 0 Å². The number of amides is 1. The van der Waals surface area contributed by atoms with Gasteiger partial charge in [0.05, 0.1) is 6.10 Å². The summed E-state index contributed by atoms with van der Waals surface area (Å²) in [6, 6.07) is 1.61. The van der Waals surface area contributed by atoms with Crippen LogP contribution in [0.4, 0.5) is 8.78 Å². The molecule has 0 spiro atoms. The largest absolute Gasteiger partial charge is 0.503 e. The van der Waals surface area contributed by atoms with Crippen molar-refractivity contribution in [3.63, 3.8) is 0 Å². The van der Waals surface area contributed by atoms with Crippen LogP contribution < -0.4 is 5.32 Å². The summed E-state index contributed by atoms with van der Waals surface area (Å²) in [7, 11) is 0. The van der Waals surface area contributed by atoms with Gasteiger partial charge in [-0.05, 0) is 43.7 Å². The summed E-state index contributed by atoms with van der Waals surface area (Å²) in [4.78, 5) is 11.8. The first-order chi connectivity index (χ1) is 10.5. The average Bonchev–Trinajstić information content (AvgIpc) is 2.50. The Kier molecular flexibility index (Phi) is 5.71. The van der Waals surface area contributed by atoms with E-state index in [-0.39, 0.29) is 17.6 Å². The Hall–Kier alpha value is -1.69. The molecule has 0 heterocycles. The van der Waals surface area contributed by atoms with Crippen LogP contribution in [0.25, 0.3) is 0 Å². The Labute approximate surface area is 128 Å². The topological polar surface area (TPSA) is 69.6 Å². The lowest BCUT2D eigenvalue weighted by molar-refractivity contribution is 0.0641. The van der Waals surface area contributed by atoms with Gasteiger partial charge in [0.1, 0.15) is 0 Å². The number of benzene rings is 1. The van der Waals surface area contributed by atoms with Gasteiger partial charge in [-0.15, -0.1) is 0 Å². The highest BCUT2D eigenvalue weighted by atomic mass is 19.1. The second-order valence-corrected chi connectivity index (χ2v) is 5.80. The van der Waals surface area contributed by atoms with Crippen molar-refractivity contribution in [2.45, 2.75) is 44.6 Å². The summed E-state index contributed by atoms with van der Waals surface area (Å²) in [5, 5.41) is 21.4. The monoisotopic (exact) mass is 313 g/mol. The highest BCUT2D eigenvalue weighted by Crippen LogP contribution is 2.27. The SMILES string of the molecule is O=C(NCCCC1CCCCC1O)c1cc(F)c(O)c(F)c1. The molecule has 6 heteroatoms. The minimum atomic E-state index is -1.16. The summed E-state index contributed by atoms with van der Waals surface area (Å²) in [5.41, 5.74) is -0.162. The van der Waals surface area contributed by atoms with E-state index in [1.165, 1.54) is 0 Å². The molecule has 122 valence electrons. The van der Waals surface area contributed by atoms with Crippen molar-refractivity contribution < 1.29 is 23.8 Å². The average molecular weight is 313 g/mol. The molecule has 0 saturated heterocycles. The van der Waals surface area contributed by atoms with Crippen LogP contribution in [0.15, 0.2) is 12.1 Å². The number of aliphatic hydroxyl groups excluding tert-OH is 1. The fourth-order valence-corrected chi connectivity index (χ4v) is 2.89. The van der Waals surface area contributed by atoms with Crippen LogP contribution in [0.2, 0.25) is 0 Å². The lowest BCUT2D eigenvalue weighted by Crippen LogP contribution is -2.28.